The van der Waals surface area contributed by atoms with E-state index in [2.05, 4.69) is 6.92 Å². The van der Waals surface area contributed by atoms with Crippen LogP contribution in [0.25, 0.3) is 0 Å². The molecule has 3 atom stereocenters. The van der Waals surface area contributed by atoms with Gasteiger partial charge < -0.3 is 9.47 Å². The van der Waals surface area contributed by atoms with Gasteiger partial charge in [-0.1, -0.05) is 13.3 Å². The highest BCUT2D eigenvalue weighted by Gasteiger charge is 2.41. The fourth-order valence-electron chi connectivity index (χ4n) is 1.73. The molecule has 3 heteroatoms. The van der Waals surface area contributed by atoms with Gasteiger partial charge in [0, 0.05) is 6.42 Å². The number of rotatable bonds is 1. The lowest BCUT2D eigenvalue weighted by Crippen LogP contribution is -2.35. The molecular formula is C8H12O3. The first kappa shape index (κ1) is 7.25. The van der Waals surface area contributed by atoms with Crippen LogP contribution in [0, 0.1) is 5.92 Å². The third-order valence-electron chi connectivity index (χ3n) is 2.49. The highest BCUT2D eigenvalue weighted by molar-refractivity contribution is 5.83. The molecule has 2 aliphatic heterocycles. The zero-order chi connectivity index (χ0) is 7.84. The largest absolute Gasteiger partial charge is 0.343 e. The topological polar surface area (TPSA) is 35.5 Å². The average Bonchev–Trinajstić information content (AvgIpc) is 2.43. The second-order valence-corrected chi connectivity index (χ2v) is 3.18. The molecule has 0 aromatic heterocycles. The molecule has 2 bridgehead atoms. The van der Waals surface area contributed by atoms with Gasteiger partial charge in [0.05, 0.1) is 12.7 Å². The van der Waals surface area contributed by atoms with Gasteiger partial charge >= 0.3 is 0 Å². The Morgan fingerprint density at radius 3 is 3.18 bits per heavy atom. The van der Waals surface area contributed by atoms with Crippen LogP contribution >= 0.6 is 0 Å². The lowest BCUT2D eigenvalue weighted by Gasteiger charge is -2.24. The van der Waals surface area contributed by atoms with Crippen LogP contribution in [0.2, 0.25) is 0 Å². The van der Waals surface area contributed by atoms with Gasteiger partial charge in [-0.2, -0.15) is 0 Å². The van der Waals surface area contributed by atoms with Crippen molar-refractivity contribution in [2.24, 2.45) is 5.92 Å². The van der Waals surface area contributed by atoms with E-state index in [0.29, 0.717) is 18.9 Å². The minimum absolute atomic E-state index is 0.116. The van der Waals surface area contributed by atoms with Crippen LogP contribution in [0.15, 0.2) is 0 Å². The van der Waals surface area contributed by atoms with Crippen molar-refractivity contribution in [3.05, 3.63) is 0 Å². The van der Waals surface area contributed by atoms with E-state index in [1.54, 1.807) is 0 Å². The molecule has 2 aliphatic rings. The Morgan fingerprint density at radius 1 is 1.64 bits per heavy atom. The lowest BCUT2D eigenvalue weighted by molar-refractivity contribution is -0.157. The number of hydrogen-bond acceptors (Lipinski definition) is 3. The van der Waals surface area contributed by atoms with Gasteiger partial charge in [0.25, 0.3) is 0 Å². The summed E-state index contributed by atoms with van der Waals surface area (Å²) in [5.74, 6) is 0.506. The maximum absolute atomic E-state index is 11.2. The molecule has 0 spiro atoms. The molecule has 2 fully saturated rings. The van der Waals surface area contributed by atoms with E-state index in [9.17, 15) is 4.79 Å². The summed E-state index contributed by atoms with van der Waals surface area (Å²) < 4.78 is 10.5. The highest BCUT2D eigenvalue weighted by Crippen LogP contribution is 2.30. The maximum Gasteiger partial charge on any atom is 0.218 e. The monoisotopic (exact) mass is 156 g/mol. The molecule has 0 aromatic rings. The Hall–Kier alpha value is -0.410. The van der Waals surface area contributed by atoms with E-state index in [1.165, 1.54) is 0 Å². The summed E-state index contributed by atoms with van der Waals surface area (Å²) in [6.45, 7) is 2.69. The van der Waals surface area contributed by atoms with E-state index in [-0.39, 0.29) is 11.9 Å². The molecule has 2 rings (SSSR count). The zero-order valence-electron chi connectivity index (χ0n) is 6.58. The van der Waals surface area contributed by atoms with Gasteiger partial charge in [-0.15, -0.1) is 0 Å². The molecule has 2 heterocycles. The molecular weight excluding hydrogens is 144 g/mol. The van der Waals surface area contributed by atoms with Crippen molar-refractivity contribution >= 4 is 5.78 Å². The summed E-state index contributed by atoms with van der Waals surface area (Å²) in [6, 6.07) is 0. The van der Waals surface area contributed by atoms with Crippen molar-refractivity contribution in [3.8, 4) is 0 Å². The summed E-state index contributed by atoms with van der Waals surface area (Å²) in [6.07, 6.45) is 1.31. The maximum atomic E-state index is 11.2. The van der Waals surface area contributed by atoms with Crippen molar-refractivity contribution in [2.45, 2.75) is 32.2 Å². The molecule has 0 unspecified atom stereocenters. The normalized spacial score (nSPS) is 43.0. The number of hydrogen-bond donors (Lipinski definition) is 0. The summed E-state index contributed by atoms with van der Waals surface area (Å²) in [5, 5.41) is 0. The SMILES string of the molecule is CC[C@H]1CC(=O)[C@@H]2OC[C@H]1O2. The first-order valence-electron chi connectivity index (χ1n) is 4.11. The van der Waals surface area contributed by atoms with Gasteiger partial charge in [0.15, 0.2) is 5.78 Å². The predicted molar refractivity (Wildman–Crippen MR) is 38.0 cm³/mol. The molecule has 3 nitrogen and oxygen atoms in total. The van der Waals surface area contributed by atoms with E-state index < -0.39 is 6.29 Å². The lowest BCUT2D eigenvalue weighted by atomic mass is 9.92. The number of ether oxygens (including phenoxy) is 2. The second kappa shape index (κ2) is 2.57. The van der Waals surface area contributed by atoms with E-state index in [0.717, 1.165) is 6.42 Å². The Bertz CT molecular complexity index is 178. The van der Waals surface area contributed by atoms with Crippen LogP contribution in [0.5, 0.6) is 0 Å². The van der Waals surface area contributed by atoms with E-state index in [1.807, 2.05) is 0 Å². The minimum Gasteiger partial charge on any atom is -0.343 e. The molecule has 0 aliphatic carbocycles. The summed E-state index contributed by atoms with van der Waals surface area (Å²) >= 11 is 0. The molecule has 0 aromatic carbocycles. The van der Waals surface area contributed by atoms with Crippen LogP contribution in [0.1, 0.15) is 19.8 Å². The van der Waals surface area contributed by atoms with Crippen LogP contribution in [0.3, 0.4) is 0 Å². The fraction of sp³-hybridized carbons (Fsp3) is 0.875. The quantitative estimate of drug-likeness (QED) is 0.561. The zero-order valence-corrected chi connectivity index (χ0v) is 6.58. The van der Waals surface area contributed by atoms with E-state index in [4.69, 9.17) is 9.47 Å². The van der Waals surface area contributed by atoms with Gasteiger partial charge in [-0.05, 0) is 5.92 Å². The van der Waals surface area contributed by atoms with Crippen molar-refractivity contribution in [1.29, 1.82) is 0 Å². The number of ketones is 1. The number of Topliss-reactive ketones (excluding diaryl/α,β-unsaturated/α-hetero) is 1. The standard InChI is InChI=1S/C8H12O3/c1-2-5-3-6(9)8-10-4-7(5)11-8/h5,7-8H,2-4H2,1H3/t5-,7+,8+/m0/s1. The Balaban J connectivity index is 2.11. The highest BCUT2D eigenvalue weighted by atomic mass is 16.7. The first-order valence-corrected chi connectivity index (χ1v) is 4.11. The molecule has 0 radical (unpaired) electrons. The van der Waals surface area contributed by atoms with Crippen molar-refractivity contribution < 1.29 is 14.3 Å². The molecule has 62 valence electrons. The summed E-state index contributed by atoms with van der Waals surface area (Å²) in [5.41, 5.74) is 0. The number of carbonyl (C=O) groups is 1. The molecule has 2 saturated heterocycles. The van der Waals surface area contributed by atoms with Gasteiger partial charge in [-0.3, -0.25) is 4.79 Å². The molecule has 0 amide bonds. The van der Waals surface area contributed by atoms with Crippen LogP contribution in [-0.4, -0.2) is 24.8 Å². The Kier molecular flexibility index (Phi) is 1.69. The van der Waals surface area contributed by atoms with Gasteiger partial charge in [0.1, 0.15) is 0 Å². The number of fused-ring (bicyclic) bond motifs is 2. The van der Waals surface area contributed by atoms with Crippen molar-refractivity contribution in [2.75, 3.05) is 6.61 Å². The van der Waals surface area contributed by atoms with Crippen LogP contribution < -0.4 is 0 Å². The second-order valence-electron chi connectivity index (χ2n) is 3.18. The van der Waals surface area contributed by atoms with E-state index >= 15 is 0 Å². The smallest absolute Gasteiger partial charge is 0.218 e. The average molecular weight is 156 g/mol. The molecule has 11 heavy (non-hydrogen) atoms. The Morgan fingerprint density at radius 2 is 2.45 bits per heavy atom. The summed E-state index contributed by atoms with van der Waals surface area (Å²) in [7, 11) is 0. The van der Waals surface area contributed by atoms with Crippen LogP contribution in [0.4, 0.5) is 0 Å². The van der Waals surface area contributed by atoms with Crippen molar-refractivity contribution in [1.82, 2.24) is 0 Å². The molecule has 0 saturated carbocycles. The first-order chi connectivity index (χ1) is 5.31. The number of carbonyl (C=O) groups excluding carboxylic acids is 1. The van der Waals surface area contributed by atoms with Gasteiger partial charge in [0.2, 0.25) is 6.29 Å². The van der Waals surface area contributed by atoms with Gasteiger partial charge in [-0.25, -0.2) is 0 Å². The van der Waals surface area contributed by atoms with Crippen LogP contribution in [-0.2, 0) is 14.3 Å². The predicted octanol–water partition coefficient (Wildman–Crippen LogP) is 0.727. The summed E-state index contributed by atoms with van der Waals surface area (Å²) in [4.78, 5) is 11.2. The fourth-order valence-corrected chi connectivity index (χ4v) is 1.73. The van der Waals surface area contributed by atoms with Crippen molar-refractivity contribution in [3.63, 3.8) is 0 Å². The third-order valence-corrected chi connectivity index (χ3v) is 2.49. The minimum atomic E-state index is -0.525. The Labute approximate surface area is 65.7 Å². The third kappa shape index (κ3) is 1.08. The molecule has 0 N–H and O–H groups in total.